The molecule has 0 radical (unpaired) electrons. The van der Waals surface area contributed by atoms with E-state index in [0.29, 0.717) is 89.3 Å². The van der Waals surface area contributed by atoms with Gasteiger partial charge in [-0.15, -0.1) is 0 Å². The molecule has 2 N–H and O–H groups in total. The number of methoxy groups -OCH3 is 1. The summed E-state index contributed by atoms with van der Waals surface area (Å²) in [5.74, 6) is 0.521. The van der Waals surface area contributed by atoms with E-state index in [4.69, 9.17) is 9.47 Å². The number of rotatable bonds is 3. The Kier molecular flexibility index (Phi) is 13.7. The number of nitrogens with zero attached hydrogens (tertiary/aromatic N) is 3. The van der Waals surface area contributed by atoms with Crippen LogP contribution < -0.4 is 20.1 Å². The van der Waals surface area contributed by atoms with Crippen LogP contribution in [0.3, 0.4) is 0 Å². The molecule has 1 saturated heterocycles. The number of carbonyl (C=O) groups excluding carboxylic acids is 5. The number of likely N-dealkylation sites (tertiary alicyclic amines) is 1. The predicted molar refractivity (Wildman–Crippen MR) is 177 cm³/mol. The molecule has 12 nitrogen and oxygen atoms in total. The minimum Gasteiger partial charge on any atom is -0.493 e. The highest BCUT2D eigenvalue weighted by Crippen LogP contribution is 2.30. The van der Waals surface area contributed by atoms with Crippen molar-refractivity contribution in [2.75, 3.05) is 60.0 Å². The molecule has 2 aliphatic heterocycles. The second-order valence-corrected chi connectivity index (χ2v) is 13.1. The predicted octanol–water partition coefficient (Wildman–Crippen LogP) is 2.53. The van der Waals surface area contributed by atoms with E-state index in [1.54, 1.807) is 31.0 Å². The van der Waals surface area contributed by atoms with Gasteiger partial charge in [-0.1, -0.05) is 18.9 Å². The minimum absolute atomic E-state index is 0.0799. The van der Waals surface area contributed by atoms with E-state index in [-0.39, 0.29) is 48.5 Å². The fourth-order valence-corrected chi connectivity index (χ4v) is 6.78. The Morgan fingerprint density at radius 3 is 2.15 bits per heavy atom. The van der Waals surface area contributed by atoms with Gasteiger partial charge < -0.3 is 34.8 Å². The first kappa shape index (κ1) is 36.0. The number of amides is 5. The van der Waals surface area contributed by atoms with Crippen LogP contribution in [0.5, 0.6) is 11.5 Å². The van der Waals surface area contributed by atoms with Gasteiger partial charge in [0.2, 0.25) is 23.6 Å². The molecule has 5 amide bonds. The normalized spacial score (nSPS) is 22.4. The van der Waals surface area contributed by atoms with Crippen LogP contribution in [0.15, 0.2) is 18.2 Å². The molecule has 12 heteroatoms. The molecule has 0 aromatic heterocycles. The molecule has 47 heavy (non-hydrogen) atoms. The van der Waals surface area contributed by atoms with Crippen LogP contribution in [0.2, 0.25) is 0 Å². The van der Waals surface area contributed by atoms with Crippen LogP contribution >= 0.6 is 0 Å². The average Bonchev–Trinajstić information content (AvgIpc) is 3.63. The SMILES string of the molecule is COc1ccc2cc1OCC(=O)N[C@@H](C)C(=O)N(C)CCCCN(C(=O)C1CCN(C(=O)C3CCCC3)CC1)CCCNC(=O)CC2. The molecule has 1 aromatic rings. The number of carbonyl (C=O) groups is 5. The van der Waals surface area contributed by atoms with Crippen molar-refractivity contribution in [1.29, 1.82) is 0 Å². The topological polar surface area (TPSA) is 138 Å². The number of piperidine rings is 1. The van der Waals surface area contributed by atoms with E-state index < -0.39 is 11.9 Å². The number of likely N-dealkylation sites (N-methyl/N-ethyl adjacent to an activating group) is 1. The van der Waals surface area contributed by atoms with E-state index in [0.717, 1.165) is 31.2 Å². The lowest BCUT2D eigenvalue weighted by atomic mass is 9.93. The van der Waals surface area contributed by atoms with Crippen molar-refractivity contribution in [3.63, 3.8) is 0 Å². The Morgan fingerprint density at radius 1 is 0.809 bits per heavy atom. The van der Waals surface area contributed by atoms with Gasteiger partial charge in [0, 0.05) is 64.6 Å². The highest BCUT2D eigenvalue weighted by atomic mass is 16.5. The van der Waals surface area contributed by atoms with Gasteiger partial charge in [0.15, 0.2) is 18.1 Å². The monoisotopic (exact) mass is 655 g/mol. The van der Waals surface area contributed by atoms with Crippen LogP contribution in [-0.4, -0.2) is 110 Å². The largest absolute Gasteiger partial charge is 0.493 e. The molecule has 3 aliphatic rings. The number of hydrogen-bond acceptors (Lipinski definition) is 7. The molecule has 2 bridgehead atoms. The first-order chi connectivity index (χ1) is 22.7. The Bertz CT molecular complexity index is 1240. The van der Waals surface area contributed by atoms with Crippen molar-refractivity contribution in [3.05, 3.63) is 23.8 Å². The van der Waals surface area contributed by atoms with E-state index in [1.807, 2.05) is 15.9 Å². The minimum atomic E-state index is -0.731. The van der Waals surface area contributed by atoms with Gasteiger partial charge in [0.05, 0.1) is 7.11 Å². The van der Waals surface area contributed by atoms with Gasteiger partial charge in [-0.25, -0.2) is 0 Å². The van der Waals surface area contributed by atoms with Crippen LogP contribution in [0.1, 0.15) is 76.7 Å². The lowest BCUT2D eigenvalue weighted by Crippen LogP contribution is -2.47. The number of hydrogen-bond donors (Lipinski definition) is 2. The van der Waals surface area contributed by atoms with E-state index >= 15 is 0 Å². The summed E-state index contributed by atoms with van der Waals surface area (Å²) in [6.45, 7) is 4.63. The quantitative estimate of drug-likeness (QED) is 0.511. The highest BCUT2D eigenvalue weighted by Gasteiger charge is 2.33. The van der Waals surface area contributed by atoms with Gasteiger partial charge in [-0.05, 0) is 76.0 Å². The lowest BCUT2D eigenvalue weighted by molar-refractivity contribution is -0.142. The first-order valence-corrected chi connectivity index (χ1v) is 17.3. The highest BCUT2D eigenvalue weighted by molar-refractivity contribution is 5.87. The maximum absolute atomic E-state index is 13.7. The molecular formula is C35H53N5O7. The van der Waals surface area contributed by atoms with E-state index in [9.17, 15) is 24.0 Å². The summed E-state index contributed by atoms with van der Waals surface area (Å²) in [5, 5.41) is 5.69. The zero-order valence-corrected chi connectivity index (χ0v) is 28.4. The standard InChI is InChI=1S/C35H53N5O7/c1-25-33(43)38(2)18-6-7-19-39(35(45)28-15-21-40(22-16-28)34(44)27-9-4-5-10-27)20-8-17-36-31(41)14-12-26-11-13-29(46-3)30(23-26)47-24-32(42)37-25/h11,13,23,25,27-28H,4-10,12,14-22,24H2,1-3H3,(H,36,41)(H,37,42)/t25-/m0/s1. The number of aryl methyl sites for hydroxylation is 1. The van der Waals surface area contributed by atoms with Crippen LogP contribution in [0.25, 0.3) is 0 Å². The molecular weight excluding hydrogens is 602 g/mol. The molecule has 1 saturated carbocycles. The molecule has 0 spiro atoms. The second kappa shape index (κ2) is 17.9. The van der Waals surface area contributed by atoms with E-state index in [2.05, 4.69) is 10.6 Å². The smallest absolute Gasteiger partial charge is 0.258 e. The number of nitrogens with one attached hydrogen (secondary N) is 2. The third-order valence-corrected chi connectivity index (χ3v) is 9.62. The van der Waals surface area contributed by atoms with Crippen LogP contribution in [-0.2, 0) is 30.4 Å². The summed E-state index contributed by atoms with van der Waals surface area (Å²) in [7, 11) is 3.22. The van der Waals surface area contributed by atoms with E-state index in [1.165, 1.54) is 7.11 Å². The Balaban J connectivity index is 1.38. The van der Waals surface area contributed by atoms with Gasteiger partial charge in [-0.2, -0.15) is 0 Å². The molecule has 1 aliphatic carbocycles. The van der Waals surface area contributed by atoms with Crippen molar-refractivity contribution in [1.82, 2.24) is 25.3 Å². The first-order valence-electron chi connectivity index (χ1n) is 17.3. The van der Waals surface area contributed by atoms with Crippen LogP contribution in [0, 0.1) is 11.8 Å². The third kappa shape index (κ3) is 10.6. The average molecular weight is 656 g/mol. The van der Waals surface area contributed by atoms with Gasteiger partial charge in [0.25, 0.3) is 5.91 Å². The number of benzene rings is 1. The summed E-state index contributed by atoms with van der Waals surface area (Å²) in [5.41, 5.74) is 0.858. The fraction of sp³-hybridized carbons (Fsp3) is 0.686. The molecule has 4 rings (SSSR count). The third-order valence-electron chi connectivity index (χ3n) is 9.62. The summed E-state index contributed by atoms with van der Waals surface area (Å²) in [6.07, 6.45) is 8.34. The molecule has 1 atom stereocenters. The lowest BCUT2D eigenvalue weighted by Gasteiger charge is -2.35. The van der Waals surface area contributed by atoms with Crippen molar-refractivity contribution in [2.45, 2.75) is 83.6 Å². The maximum Gasteiger partial charge on any atom is 0.258 e. The van der Waals surface area contributed by atoms with Gasteiger partial charge >= 0.3 is 0 Å². The van der Waals surface area contributed by atoms with Gasteiger partial charge in [0.1, 0.15) is 6.04 Å². The summed E-state index contributed by atoms with van der Waals surface area (Å²) >= 11 is 0. The van der Waals surface area contributed by atoms with Crippen molar-refractivity contribution in [2.24, 2.45) is 11.8 Å². The zero-order chi connectivity index (χ0) is 33.8. The Labute approximate surface area is 278 Å². The zero-order valence-electron chi connectivity index (χ0n) is 28.4. The fourth-order valence-electron chi connectivity index (χ4n) is 6.78. The molecule has 2 heterocycles. The number of ether oxygens (including phenoxy) is 2. The van der Waals surface area contributed by atoms with Crippen molar-refractivity contribution in [3.8, 4) is 11.5 Å². The van der Waals surface area contributed by atoms with Gasteiger partial charge in [-0.3, -0.25) is 24.0 Å². The number of fused-ring (bicyclic) bond motifs is 2. The van der Waals surface area contributed by atoms with Crippen molar-refractivity contribution < 1.29 is 33.4 Å². The Morgan fingerprint density at radius 2 is 1.45 bits per heavy atom. The van der Waals surface area contributed by atoms with Crippen LogP contribution in [0.4, 0.5) is 0 Å². The summed E-state index contributed by atoms with van der Waals surface area (Å²) in [4.78, 5) is 70.4. The Hall–Kier alpha value is -3.83. The summed E-state index contributed by atoms with van der Waals surface area (Å²) in [6, 6.07) is 4.62. The molecule has 0 unspecified atom stereocenters. The molecule has 2 fully saturated rings. The molecule has 260 valence electrons. The summed E-state index contributed by atoms with van der Waals surface area (Å²) < 4.78 is 11.1. The second-order valence-electron chi connectivity index (χ2n) is 13.1. The van der Waals surface area contributed by atoms with Crippen molar-refractivity contribution >= 4 is 29.5 Å². The maximum atomic E-state index is 13.7. The molecule has 1 aromatic carbocycles.